The number of nitrogens with zero attached hydrogens (tertiary/aromatic N) is 2. The summed E-state index contributed by atoms with van der Waals surface area (Å²) in [6, 6.07) is 92.7. The summed E-state index contributed by atoms with van der Waals surface area (Å²) in [5, 5.41) is 0. The molecule has 0 aliphatic heterocycles. The minimum absolute atomic E-state index is 0.119. The van der Waals surface area contributed by atoms with E-state index in [-0.39, 0.29) is 10.8 Å². The van der Waals surface area contributed by atoms with Gasteiger partial charge in [0.1, 0.15) is 23.0 Å². The minimum atomic E-state index is -0.825. The second-order valence-corrected chi connectivity index (χ2v) is 24.5. The maximum atomic E-state index is 13.6. The average Bonchev–Trinajstić information content (AvgIpc) is 0.870. The first-order valence-corrected chi connectivity index (χ1v) is 33.1. The fourth-order valence-corrected chi connectivity index (χ4v) is 13.8. The molecule has 11 aromatic carbocycles. The largest absolute Gasteiger partial charge is 0.519 e. The topological polar surface area (TPSA) is 96.0 Å². The highest BCUT2D eigenvalue weighted by atomic mass is 16.7. The molecular formula is C86H76N2O8. The molecule has 2 aliphatic rings. The van der Waals surface area contributed by atoms with Gasteiger partial charge in [-0.25, -0.2) is 9.59 Å². The van der Waals surface area contributed by atoms with E-state index in [0.29, 0.717) is 34.4 Å². The number of hydrogen-bond acceptors (Lipinski definition) is 10. The van der Waals surface area contributed by atoms with Gasteiger partial charge in [-0.2, -0.15) is 0 Å². The van der Waals surface area contributed by atoms with Gasteiger partial charge in [0.25, 0.3) is 0 Å². The third-order valence-electron chi connectivity index (χ3n) is 18.7. The first-order chi connectivity index (χ1) is 47.2. The van der Waals surface area contributed by atoms with Gasteiger partial charge >= 0.3 is 12.3 Å². The highest BCUT2D eigenvalue weighted by Crippen LogP contribution is 2.48. The summed E-state index contributed by atoms with van der Waals surface area (Å²) in [5.74, 6) is 3.21. The SMILES string of the molecule is COc1ccc(C2(c3ccc(OC(=O)Oc4ccccc4N(c4ccccc4)c4ccc(/C=C/c5ccc(/C=C/c6ccc(N(c7ccccc7)c7ccccc7OC(=O)Oc7ccc(C8(c9ccc(OC)cc9)CCCCC8)cc7)cc6)cc5)cc4)cc3)CCCCC2)cc1. The molecule has 0 atom stereocenters. The number of carbonyl (C=O) groups excluding carboxylic acids is 2. The Bertz CT molecular complexity index is 4140. The molecule has 0 bridgehead atoms. The van der Waals surface area contributed by atoms with E-state index in [1.54, 1.807) is 26.4 Å². The van der Waals surface area contributed by atoms with Crippen LogP contribution < -0.4 is 38.2 Å². The summed E-state index contributed by atoms with van der Waals surface area (Å²) in [7, 11) is 3.38. The van der Waals surface area contributed by atoms with Gasteiger partial charge in [0, 0.05) is 33.6 Å². The van der Waals surface area contributed by atoms with Crippen molar-refractivity contribution in [3.63, 3.8) is 0 Å². The second-order valence-electron chi connectivity index (χ2n) is 24.5. The minimum Gasteiger partial charge on any atom is -0.497 e. The zero-order valence-electron chi connectivity index (χ0n) is 54.1. The van der Waals surface area contributed by atoms with Crippen LogP contribution in [0.5, 0.6) is 34.5 Å². The maximum absolute atomic E-state index is 13.6. The highest BCUT2D eigenvalue weighted by molar-refractivity contribution is 5.85. The Kier molecular flexibility index (Phi) is 19.6. The van der Waals surface area contributed by atoms with Gasteiger partial charge < -0.3 is 38.2 Å². The van der Waals surface area contributed by atoms with Crippen LogP contribution in [-0.4, -0.2) is 26.5 Å². The van der Waals surface area contributed by atoms with Crippen molar-refractivity contribution < 1.29 is 38.0 Å². The summed E-state index contributed by atoms with van der Waals surface area (Å²) >= 11 is 0. The van der Waals surface area contributed by atoms with Crippen LogP contribution in [0.25, 0.3) is 24.3 Å². The molecule has 96 heavy (non-hydrogen) atoms. The van der Waals surface area contributed by atoms with E-state index < -0.39 is 12.3 Å². The standard InChI is InChI=1S/C86H76N2O8/c1-91-75-51-39-67(40-52-75)85(59-15-5-16-60-85)69-43-55-77(56-44-69)93-83(89)95-81-25-13-11-23-79(81)87(71-19-7-3-8-20-71)73-47-35-65(36-48-73)33-31-63-27-29-64(30-28-63)32-34-66-37-49-74(50-38-66)88(72-21-9-4-10-22-72)80-24-12-14-26-82(80)96-84(90)94-78-57-45-70(46-58-78)86(61-17-6-18-62-86)68-41-53-76(92-2)54-42-68/h3-4,7-14,19-58H,5-6,15-18,59-62H2,1-2H3/b33-31+,34-32+. The lowest BCUT2D eigenvalue weighted by molar-refractivity contribution is 0.151. The number of methoxy groups -OCH3 is 2. The van der Waals surface area contributed by atoms with Crippen molar-refractivity contribution in [1.82, 2.24) is 0 Å². The van der Waals surface area contributed by atoms with Crippen LogP contribution in [-0.2, 0) is 10.8 Å². The van der Waals surface area contributed by atoms with Crippen LogP contribution in [0.3, 0.4) is 0 Å². The Morgan fingerprint density at radius 3 is 0.875 bits per heavy atom. The van der Waals surface area contributed by atoms with Gasteiger partial charge in [-0.05, 0) is 192 Å². The predicted molar refractivity (Wildman–Crippen MR) is 386 cm³/mol. The molecule has 2 fully saturated rings. The lowest BCUT2D eigenvalue weighted by Crippen LogP contribution is -2.30. The van der Waals surface area contributed by atoms with Gasteiger partial charge in [-0.15, -0.1) is 0 Å². The monoisotopic (exact) mass is 1260 g/mol. The zero-order valence-corrected chi connectivity index (χ0v) is 54.1. The number of carbonyl (C=O) groups is 2. The fraction of sp³-hybridized carbons (Fsp3) is 0.163. The lowest BCUT2D eigenvalue weighted by Gasteiger charge is -2.38. The predicted octanol–water partition coefficient (Wildman–Crippen LogP) is 22.6. The summed E-state index contributed by atoms with van der Waals surface area (Å²) in [5.41, 5.74) is 13.8. The van der Waals surface area contributed by atoms with Gasteiger partial charge in [0.2, 0.25) is 0 Å². The molecule has 11 aromatic rings. The van der Waals surface area contributed by atoms with Crippen LogP contribution in [0, 0.1) is 0 Å². The highest BCUT2D eigenvalue weighted by Gasteiger charge is 2.37. The maximum Gasteiger partial charge on any atom is 0.519 e. The molecule has 13 rings (SSSR count). The first kappa shape index (κ1) is 63.4. The van der Waals surface area contributed by atoms with Crippen molar-refractivity contribution >= 4 is 70.7 Å². The number of ether oxygens (including phenoxy) is 6. The second kappa shape index (κ2) is 29.7. The van der Waals surface area contributed by atoms with E-state index in [4.69, 9.17) is 28.4 Å². The molecule has 0 saturated heterocycles. The number of hydrogen-bond donors (Lipinski definition) is 0. The Morgan fingerprint density at radius 1 is 0.292 bits per heavy atom. The summed E-state index contributed by atoms with van der Waals surface area (Å²) in [6.07, 6.45) is 18.0. The number of para-hydroxylation sites is 6. The molecule has 0 radical (unpaired) electrons. The van der Waals surface area contributed by atoms with Crippen molar-refractivity contribution in [3.8, 4) is 34.5 Å². The number of benzene rings is 11. The molecule has 0 heterocycles. The van der Waals surface area contributed by atoms with Crippen LogP contribution in [0.4, 0.5) is 43.7 Å². The number of anilines is 6. The molecule has 0 aromatic heterocycles. The first-order valence-electron chi connectivity index (χ1n) is 33.1. The molecular weight excluding hydrogens is 1190 g/mol. The summed E-state index contributed by atoms with van der Waals surface area (Å²) in [4.78, 5) is 31.4. The van der Waals surface area contributed by atoms with Crippen LogP contribution >= 0.6 is 0 Å². The van der Waals surface area contributed by atoms with Crippen molar-refractivity contribution in [3.05, 3.63) is 324 Å². The van der Waals surface area contributed by atoms with E-state index in [0.717, 1.165) is 108 Å². The van der Waals surface area contributed by atoms with E-state index in [9.17, 15) is 9.59 Å². The van der Waals surface area contributed by atoms with Gasteiger partial charge in [0.15, 0.2) is 11.5 Å². The fourth-order valence-electron chi connectivity index (χ4n) is 13.8. The smallest absolute Gasteiger partial charge is 0.497 e. The Balaban J connectivity index is 0.645. The Labute approximate surface area is 562 Å². The molecule has 0 spiro atoms. The van der Waals surface area contributed by atoms with Crippen molar-refractivity contribution in [2.24, 2.45) is 0 Å². The Hall–Kier alpha value is -11.4. The van der Waals surface area contributed by atoms with E-state index >= 15 is 0 Å². The molecule has 0 N–H and O–H groups in total. The van der Waals surface area contributed by atoms with Crippen molar-refractivity contribution in [1.29, 1.82) is 0 Å². The van der Waals surface area contributed by atoms with Gasteiger partial charge in [-0.1, -0.05) is 221 Å². The molecule has 10 heteroatoms. The molecule has 10 nitrogen and oxygen atoms in total. The van der Waals surface area contributed by atoms with E-state index in [1.807, 2.05) is 146 Å². The third-order valence-corrected chi connectivity index (χ3v) is 18.7. The van der Waals surface area contributed by atoms with Crippen molar-refractivity contribution in [2.75, 3.05) is 24.0 Å². The third kappa shape index (κ3) is 14.5. The van der Waals surface area contributed by atoms with Crippen LogP contribution in [0.2, 0.25) is 0 Å². The van der Waals surface area contributed by atoms with E-state index in [2.05, 4.69) is 155 Å². The summed E-state index contributed by atoms with van der Waals surface area (Å²) < 4.78 is 34.7. The molecule has 0 unspecified atom stereocenters. The van der Waals surface area contributed by atoms with E-state index in [1.165, 1.54) is 35.1 Å². The molecule has 0 amide bonds. The normalized spacial score (nSPS) is 14.1. The summed E-state index contributed by atoms with van der Waals surface area (Å²) in [6.45, 7) is 0. The number of rotatable bonds is 20. The Morgan fingerprint density at radius 2 is 0.562 bits per heavy atom. The molecule has 2 saturated carbocycles. The van der Waals surface area contributed by atoms with Crippen LogP contribution in [0.15, 0.2) is 279 Å². The van der Waals surface area contributed by atoms with Gasteiger partial charge in [0.05, 0.1) is 25.6 Å². The quantitative estimate of drug-likeness (QED) is 0.0417. The van der Waals surface area contributed by atoms with Crippen molar-refractivity contribution in [2.45, 2.75) is 75.0 Å². The lowest BCUT2D eigenvalue weighted by atomic mass is 9.65. The molecule has 478 valence electrons. The van der Waals surface area contributed by atoms with Crippen LogP contribution in [0.1, 0.15) is 109 Å². The van der Waals surface area contributed by atoms with Gasteiger partial charge in [-0.3, -0.25) is 0 Å². The molecule has 2 aliphatic carbocycles. The zero-order chi connectivity index (χ0) is 65.5. The average molecular weight is 1270 g/mol.